The first-order valence-electron chi connectivity index (χ1n) is 12.3. The van der Waals surface area contributed by atoms with Crippen molar-refractivity contribution >= 4 is 5.78 Å². The highest BCUT2D eigenvalue weighted by atomic mass is 16.1. The molecule has 0 N–H and O–H groups in total. The van der Waals surface area contributed by atoms with Crippen molar-refractivity contribution in [2.24, 2.45) is 46.3 Å². The number of ketones is 1. The van der Waals surface area contributed by atoms with Gasteiger partial charge in [0, 0.05) is 6.42 Å². The highest BCUT2D eigenvalue weighted by Gasteiger charge is 2.56. The van der Waals surface area contributed by atoms with Gasteiger partial charge in [-0.1, -0.05) is 70.9 Å². The van der Waals surface area contributed by atoms with Crippen LogP contribution in [0, 0.1) is 46.3 Å². The van der Waals surface area contributed by atoms with Gasteiger partial charge in [-0.2, -0.15) is 0 Å². The average Bonchev–Trinajstić information content (AvgIpc) is 3.03. The quantitative estimate of drug-likeness (QED) is 0.450. The summed E-state index contributed by atoms with van der Waals surface area (Å²) in [6, 6.07) is 0. The van der Waals surface area contributed by atoms with E-state index in [-0.39, 0.29) is 5.41 Å². The van der Waals surface area contributed by atoms with E-state index in [0.29, 0.717) is 29.0 Å². The van der Waals surface area contributed by atoms with Crippen LogP contribution in [0.3, 0.4) is 0 Å². The van der Waals surface area contributed by atoms with E-state index in [1.165, 1.54) is 31.3 Å². The molecule has 4 aliphatic rings. The minimum absolute atomic E-state index is 0.246. The predicted molar refractivity (Wildman–Crippen MR) is 122 cm³/mol. The Morgan fingerprint density at radius 3 is 2.48 bits per heavy atom. The fraction of sp³-hybridized carbons (Fsp3) is 0.750. The van der Waals surface area contributed by atoms with Crippen LogP contribution in [-0.4, -0.2) is 5.78 Å². The number of carbonyl (C=O) groups excluding carboxylic acids is 1. The summed E-state index contributed by atoms with van der Waals surface area (Å²) in [7, 11) is 0. The normalized spacial score (nSPS) is 41.5. The summed E-state index contributed by atoms with van der Waals surface area (Å²) < 4.78 is 0. The minimum Gasteiger partial charge on any atom is -0.295 e. The van der Waals surface area contributed by atoms with Crippen molar-refractivity contribution in [3.63, 3.8) is 0 Å². The molecule has 0 heterocycles. The Labute approximate surface area is 179 Å². The molecule has 7 atom stereocenters. The van der Waals surface area contributed by atoms with Crippen molar-refractivity contribution in [1.82, 2.24) is 0 Å². The van der Waals surface area contributed by atoms with E-state index >= 15 is 0 Å². The number of allylic oxidation sites excluding steroid dienone is 6. The van der Waals surface area contributed by atoms with E-state index in [4.69, 9.17) is 0 Å². The molecule has 0 aromatic heterocycles. The third kappa shape index (κ3) is 3.41. The van der Waals surface area contributed by atoms with Crippen molar-refractivity contribution in [2.45, 2.75) is 86.5 Å². The number of hydrogen-bond acceptors (Lipinski definition) is 1. The molecule has 0 bridgehead atoms. The zero-order valence-corrected chi connectivity index (χ0v) is 19.6. The lowest BCUT2D eigenvalue weighted by atomic mass is 9.50. The molecule has 2 saturated carbocycles. The van der Waals surface area contributed by atoms with Gasteiger partial charge < -0.3 is 0 Å². The lowest BCUT2D eigenvalue weighted by molar-refractivity contribution is -0.116. The molecule has 4 aliphatic carbocycles. The van der Waals surface area contributed by atoms with E-state index in [0.717, 1.165) is 37.0 Å². The molecule has 0 radical (unpaired) electrons. The number of hydrogen-bond donors (Lipinski definition) is 0. The summed E-state index contributed by atoms with van der Waals surface area (Å²) in [5.41, 5.74) is 3.91. The molecule has 0 amide bonds. The Balaban J connectivity index is 1.57. The molecule has 29 heavy (non-hydrogen) atoms. The van der Waals surface area contributed by atoms with E-state index in [1.807, 2.05) is 6.08 Å². The van der Waals surface area contributed by atoms with Crippen LogP contribution >= 0.6 is 0 Å². The first-order valence-corrected chi connectivity index (χ1v) is 12.3. The van der Waals surface area contributed by atoms with Gasteiger partial charge in [-0.3, -0.25) is 4.79 Å². The van der Waals surface area contributed by atoms with Gasteiger partial charge in [0.05, 0.1) is 0 Å². The van der Waals surface area contributed by atoms with Crippen molar-refractivity contribution < 1.29 is 4.79 Å². The maximum atomic E-state index is 12.0. The third-order valence-electron chi connectivity index (χ3n) is 9.88. The van der Waals surface area contributed by atoms with E-state index < -0.39 is 0 Å². The second-order valence-electron chi connectivity index (χ2n) is 11.6. The van der Waals surface area contributed by atoms with Crippen LogP contribution in [-0.2, 0) is 4.79 Å². The lowest BCUT2D eigenvalue weighted by Crippen LogP contribution is -2.46. The topological polar surface area (TPSA) is 17.1 Å². The van der Waals surface area contributed by atoms with E-state index in [2.05, 4.69) is 59.8 Å². The van der Waals surface area contributed by atoms with Crippen LogP contribution in [0.25, 0.3) is 0 Å². The minimum atomic E-state index is 0.246. The van der Waals surface area contributed by atoms with Crippen molar-refractivity contribution in [3.05, 3.63) is 35.5 Å². The molecular formula is C28H42O. The zero-order valence-electron chi connectivity index (χ0n) is 19.6. The Morgan fingerprint density at radius 2 is 1.76 bits per heavy atom. The van der Waals surface area contributed by atoms with Gasteiger partial charge in [0.2, 0.25) is 0 Å². The molecule has 0 aromatic carbocycles. The summed E-state index contributed by atoms with van der Waals surface area (Å²) in [6.45, 7) is 14.6. The summed E-state index contributed by atoms with van der Waals surface area (Å²) in [5.74, 6) is 4.66. The van der Waals surface area contributed by atoms with Gasteiger partial charge in [-0.25, -0.2) is 0 Å². The van der Waals surface area contributed by atoms with E-state index in [9.17, 15) is 4.79 Å². The van der Waals surface area contributed by atoms with Crippen LogP contribution < -0.4 is 0 Å². The Morgan fingerprint density at radius 1 is 1.00 bits per heavy atom. The molecule has 1 nitrogen and oxygen atoms in total. The molecule has 160 valence electrons. The summed E-state index contributed by atoms with van der Waals surface area (Å²) in [6.07, 6.45) is 17.9. The van der Waals surface area contributed by atoms with Crippen LogP contribution in [0.4, 0.5) is 0 Å². The number of rotatable bonds is 4. The molecule has 1 heteroatoms. The van der Waals surface area contributed by atoms with Gasteiger partial charge in [-0.15, -0.1) is 0 Å². The zero-order chi connectivity index (χ0) is 21.0. The second kappa shape index (κ2) is 7.54. The first-order chi connectivity index (χ1) is 13.7. The molecule has 0 spiro atoms. The summed E-state index contributed by atoms with van der Waals surface area (Å²) in [5, 5.41) is 0. The SMILES string of the molecule is CC(C)[C@H](C)/C=C/[C@H](C)[C@@H]1CC[C@@H]2C3=CCC4=CC(=O)CC[C@]4(C)[C@@H]3CC[C@@]21C. The largest absolute Gasteiger partial charge is 0.295 e. The fourth-order valence-electron chi connectivity index (χ4n) is 7.47. The van der Waals surface area contributed by atoms with Gasteiger partial charge in [-0.05, 0) is 90.9 Å². The highest BCUT2D eigenvalue weighted by molar-refractivity contribution is 5.91. The molecule has 0 saturated heterocycles. The molecule has 0 unspecified atom stereocenters. The maximum absolute atomic E-state index is 12.0. The second-order valence-corrected chi connectivity index (χ2v) is 11.6. The van der Waals surface area contributed by atoms with Gasteiger partial charge >= 0.3 is 0 Å². The van der Waals surface area contributed by atoms with Gasteiger partial charge in [0.1, 0.15) is 0 Å². The number of carbonyl (C=O) groups is 1. The Kier molecular flexibility index (Phi) is 5.50. The van der Waals surface area contributed by atoms with Crippen molar-refractivity contribution in [1.29, 1.82) is 0 Å². The monoisotopic (exact) mass is 394 g/mol. The molecule has 4 rings (SSSR count). The average molecular weight is 395 g/mol. The van der Waals surface area contributed by atoms with Crippen LogP contribution in [0.1, 0.15) is 86.5 Å². The highest BCUT2D eigenvalue weighted by Crippen LogP contribution is 2.66. The van der Waals surface area contributed by atoms with Gasteiger partial charge in [0.25, 0.3) is 0 Å². The third-order valence-corrected chi connectivity index (χ3v) is 9.88. The standard InChI is InChI=1S/C28H42O/c1-18(2)19(3)7-8-20(4)24-11-12-25-23-10-9-21-17-22(29)13-15-27(21,5)26(23)14-16-28(24,25)6/h7-8,10,17-20,24-26H,9,11-16H2,1-6H3/b8-7+/t19-,20+,24+,25-,26-,27+,28-/m1/s1. The maximum Gasteiger partial charge on any atom is 0.155 e. The van der Waals surface area contributed by atoms with Crippen LogP contribution in [0.5, 0.6) is 0 Å². The number of fused-ring (bicyclic) bond motifs is 5. The Hall–Kier alpha value is -1.11. The van der Waals surface area contributed by atoms with Crippen molar-refractivity contribution in [2.75, 3.05) is 0 Å². The summed E-state index contributed by atoms with van der Waals surface area (Å²) >= 11 is 0. The molecule has 0 aliphatic heterocycles. The van der Waals surface area contributed by atoms with Crippen LogP contribution in [0.15, 0.2) is 35.5 Å². The Bertz CT molecular complexity index is 752. The predicted octanol–water partition coefficient (Wildman–Crippen LogP) is 7.54. The fourth-order valence-corrected chi connectivity index (χ4v) is 7.47. The first kappa shape index (κ1) is 21.1. The smallest absolute Gasteiger partial charge is 0.155 e. The van der Waals surface area contributed by atoms with Crippen molar-refractivity contribution in [3.8, 4) is 0 Å². The van der Waals surface area contributed by atoms with Gasteiger partial charge in [0.15, 0.2) is 5.78 Å². The molecule has 2 fully saturated rings. The molecule has 0 aromatic rings. The lowest BCUT2D eigenvalue weighted by Gasteiger charge is -2.54. The van der Waals surface area contributed by atoms with Crippen LogP contribution in [0.2, 0.25) is 0 Å². The van der Waals surface area contributed by atoms with E-state index in [1.54, 1.807) is 5.57 Å². The molecular weight excluding hydrogens is 352 g/mol. The summed E-state index contributed by atoms with van der Waals surface area (Å²) in [4.78, 5) is 12.0.